The van der Waals surface area contributed by atoms with E-state index in [2.05, 4.69) is 10.0 Å². The number of aliphatic hydroxyl groups is 1. The second kappa shape index (κ2) is 3.54. The molecule has 0 bridgehead atoms. The first kappa shape index (κ1) is 8.81. The highest BCUT2D eigenvalue weighted by Gasteiger charge is 2.22. The maximum absolute atomic E-state index is 9.84. The average molecular weight is 187 g/mol. The lowest BCUT2D eigenvalue weighted by atomic mass is 9.92. The molecule has 1 aromatic carbocycles. The summed E-state index contributed by atoms with van der Waals surface area (Å²) >= 11 is 0. The van der Waals surface area contributed by atoms with Crippen LogP contribution in [0.25, 0.3) is 16.5 Å². The van der Waals surface area contributed by atoms with E-state index in [0.717, 1.165) is 11.1 Å². The number of fused-ring (bicyclic) bond motifs is 1. The number of rotatable bonds is 1. The number of hydrogen-bond donors (Lipinski definition) is 1. The molecule has 1 N–H and O–H groups in total. The number of azide groups is 1. The predicted octanol–water partition coefficient (Wildman–Crippen LogP) is 2.43. The number of nitrogens with zero attached hydrogens (tertiary/aromatic N) is 3. The monoisotopic (exact) mass is 187 g/mol. The fourth-order valence-electron chi connectivity index (χ4n) is 1.58. The Morgan fingerprint density at radius 3 is 2.93 bits per heavy atom. The fourth-order valence-corrected chi connectivity index (χ4v) is 1.58. The molecule has 1 aliphatic carbocycles. The molecule has 14 heavy (non-hydrogen) atoms. The molecule has 0 aliphatic heterocycles. The first-order valence-electron chi connectivity index (χ1n) is 4.32. The summed E-state index contributed by atoms with van der Waals surface area (Å²) in [5.74, 6) is 0. The van der Waals surface area contributed by atoms with Gasteiger partial charge in [-0.25, -0.2) is 0 Å². The second-order valence-corrected chi connectivity index (χ2v) is 3.13. The van der Waals surface area contributed by atoms with Crippen molar-refractivity contribution < 1.29 is 5.11 Å². The lowest BCUT2D eigenvalue weighted by Gasteiger charge is -2.21. The molecule has 0 spiro atoms. The zero-order chi connectivity index (χ0) is 9.97. The van der Waals surface area contributed by atoms with Crippen molar-refractivity contribution in [3.8, 4) is 0 Å². The molecule has 0 aromatic heterocycles. The topological polar surface area (TPSA) is 69.0 Å². The molecule has 0 unspecified atom stereocenters. The van der Waals surface area contributed by atoms with E-state index in [1.807, 2.05) is 30.3 Å². The van der Waals surface area contributed by atoms with Crippen molar-refractivity contribution in [1.82, 2.24) is 0 Å². The first-order chi connectivity index (χ1) is 6.83. The smallest absolute Gasteiger partial charge is 0.0915 e. The van der Waals surface area contributed by atoms with E-state index in [4.69, 9.17) is 5.53 Å². The Morgan fingerprint density at radius 1 is 1.36 bits per heavy atom. The van der Waals surface area contributed by atoms with E-state index in [1.165, 1.54) is 0 Å². The van der Waals surface area contributed by atoms with Gasteiger partial charge in [-0.3, -0.25) is 0 Å². The maximum atomic E-state index is 9.84. The molecular weight excluding hydrogens is 178 g/mol. The highest BCUT2D eigenvalue weighted by atomic mass is 16.3. The van der Waals surface area contributed by atoms with E-state index < -0.39 is 12.1 Å². The molecular formula is C10H9N3O. The molecule has 0 fully saturated rings. The summed E-state index contributed by atoms with van der Waals surface area (Å²) in [4.78, 5) is 2.70. The van der Waals surface area contributed by atoms with Crippen LogP contribution in [-0.4, -0.2) is 11.1 Å². The maximum Gasteiger partial charge on any atom is 0.0915 e. The van der Waals surface area contributed by atoms with E-state index >= 15 is 0 Å². The van der Waals surface area contributed by atoms with Crippen LogP contribution in [0.1, 0.15) is 17.2 Å². The molecule has 4 heteroatoms. The fraction of sp³-hybridized carbons (Fsp3) is 0.200. The zero-order valence-corrected chi connectivity index (χ0v) is 7.41. The van der Waals surface area contributed by atoms with Gasteiger partial charge in [0.15, 0.2) is 0 Å². The Hall–Kier alpha value is -1.77. The Bertz CT molecular complexity index is 421. The van der Waals surface area contributed by atoms with Crippen LogP contribution in [0.3, 0.4) is 0 Å². The molecule has 4 nitrogen and oxygen atoms in total. The predicted molar refractivity (Wildman–Crippen MR) is 53.4 cm³/mol. The quantitative estimate of drug-likeness (QED) is 0.409. The van der Waals surface area contributed by atoms with Crippen LogP contribution in [0.4, 0.5) is 0 Å². The van der Waals surface area contributed by atoms with Crippen molar-refractivity contribution >= 4 is 6.08 Å². The molecule has 2 atom stereocenters. The van der Waals surface area contributed by atoms with Gasteiger partial charge in [0.2, 0.25) is 0 Å². The summed E-state index contributed by atoms with van der Waals surface area (Å²) in [5.41, 5.74) is 10.1. The van der Waals surface area contributed by atoms with E-state index in [9.17, 15) is 5.11 Å². The Labute approximate surface area is 81.1 Å². The van der Waals surface area contributed by atoms with Gasteiger partial charge >= 0.3 is 0 Å². The standard InChI is InChI=1S/C10H9N3O/c11-13-12-9-6-5-7-3-1-2-4-8(7)10(9)14/h1-6,9-10,14H/t9-,10+/m1/s1. The number of benzene rings is 1. The molecule has 1 aliphatic rings. The van der Waals surface area contributed by atoms with Gasteiger partial charge in [0.1, 0.15) is 0 Å². The SMILES string of the molecule is [N-]=[N+]=N[C@@H]1C=Cc2ccccc2[C@@H]1O. The minimum absolute atomic E-state index is 0.491. The van der Waals surface area contributed by atoms with E-state index in [0.29, 0.717) is 0 Å². The molecule has 0 amide bonds. The number of hydrogen-bond acceptors (Lipinski definition) is 2. The summed E-state index contributed by atoms with van der Waals surface area (Å²) in [6, 6.07) is 7.03. The molecule has 0 saturated carbocycles. The van der Waals surface area contributed by atoms with Gasteiger partial charge in [0.25, 0.3) is 0 Å². The Morgan fingerprint density at radius 2 is 2.14 bits per heavy atom. The summed E-state index contributed by atoms with van der Waals surface area (Å²) in [7, 11) is 0. The van der Waals surface area contributed by atoms with Crippen molar-refractivity contribution in [2.75, 3.05) is 0 Å². The third-order valence-corrected chi connectivity index (χ3v) is 2.30. The Balaban J connectivity index is 2.44. The van der Waals surface area contributed by atoms with Crippen LogP contribution in [0.2, 0.25) is 0 Å². The average Bonchev–Trinajstić information content (AvgIpc) is 2.23. The highest BCUT2D eigenvalue weighted by Crippen LogP contribution is 2.29. The highest BCUT2D eigenvalue weighted by molar-refractivity contribution is 5.58. The molecule has 1 aromatic rings. The van der Waals surface area contributed by atoms with Crippen molar-refractivity contribution in [2.45, 2.75) is 12.1 Å². The van der Waals surface area contributed by atoms with Crippen LogP contribution in [0.5, 0.6) is 0 Å². The minimum atomic E-state index is -0.730. The molecule has 0 radical (unpaired) electrons. The van der Waals surface area contributed by atoms with Gasteiger partial charge < -0.3 is 5.11 Å². The van der Waals surface area contributed by atoms with Gasteiger partial charge in [-0.1, -0.05) is 41.5 Å². The third-order valence-electron chi connectivity index (χ3n) is 2.30. The Kier molecular flexibility index (Phi) is 2.23. The van der Waals surface area contributed by atoms with Crippen molar-refractivity contribution in [3.05, 3.63) is 51.9 Å². The van der Waals surface area contributed by atoms with Gasteiger partial charge in [-0.2, -0.15) is 0 Å². The number of aliphatic hydroxyl groups excluding tert-OH is 1. The van der Waals surface area contributed by atoms with Crippen molar-refractivity contribution in [1.29, 1.82) is 0 Å². The van der Waals surface area contributed by atoms with Gasteiger partial charge in [0, 0.05) is 4.91 Å². The second-order valence-electron chi connectivity index (χ2n) is 3.13. The van der Waals surface area contributed by atoms with E-state index in [-0.39, 0.29) is 0 Å². The largest absolute Gasteiger partial charge is 0.388 e. The van der Waals surface area contributed by atoms with Gasteiger partial charge in [-0.15, -0.1) is 0 Å². The normalized spacial score (nSPS) is 23.8. The van der Waals surface area contributed by atoms with E-state index in [1.54, 1.807) is 6.08 Å². The van der Waals surface area contributed by atoms with Crippen molar-refractivity contribution in [2.24, 2.45) is 5.11 Å². The summed E-state index contributed by atoms with van der Waals surface area (Å²) in [6.07, 6.45) is 2.85. The minimum Gasteiger partial charge on any atom is -0.388 e. The van der Waals surface area contributed by atoms with Crippen LogP contribution in [0, 0.1) is 0 Å². The summed E-state index contributed by atoms with van der Waals surface area (Å²) < 4.78 is 0. The van der Waals surface area contributed by atoms with Crippen LogP contribution in [0.15, 0.2) is 35.5 Å². The molecule has 0 saturated heterocycles. The zero-order valence-electron chi connectivity index (χ0n) is 7.41. The van der Waals surface area contributed by atoms with Crippen LogP contribution < -0.4 is 0 Å². The third kappa shape index (κ3) is 1.37. The lowest BCUT2D eigenvalue weighted by Crippen LogP contribution is -2.17. The molecule has 0 heterocycles. The van der Waals surface area contributed by atoms with Crippen LogP contribution in [-0.2, 0) is 0 Å². The lowest BCUT2D eigenvalue weighted by molar-refractivity contribution is 0.162. The van der Waals surface area contributed by atoms with Gasteiger partial charge in [0.05, 0.1) is 12.1 Å². The van der Waals surface area contributed by atoms with Gasteiger partial charge in [-0.05, 0) is 16.7 Å². The summed E-state index contributed by atoms with van der Waals surface area (Å²) in [5, 5.41) is 13.3. The molecule has 70 valence electrons. The molecule has 2 rings (SSSR count). The summed E-state index contributed by atoms with van der Waals surface area (Å²) in [6.45, 7) is 0. The van der Waals surface area contributed by atoms with Crippen molar-refractivity contribution in [3.63, 3.8) is 0 Å². The van der Waals surface area contributed by atoms with Crippen LogP contribution >= 0.6 is 0 Å². The first-order valence-corrected chi connectivity index (χ1v) is 4.32.